The Labute approximate surface area is 93.5 Å². The maximum atomic E-state index is 11.1. The summed E-state index contributed by atoms with van der Waals surface area (Å²) in [5, 5.41) is 13.9. The van der Waals surface area contributed by atoms with Gasteiger partial charge in [-0.15, -0.1) is 0 Å². The maximum absolute atomic E-state index is 11.1. The standard InChI is InChI=1S/C9H15ClN2O3/c1-6(10)4-11-8(15)12-5-9(2,3)7(13)14/h1,4-5H2,2-3H3,(H,13,14)(H2,11,12,15). The molecule has 0 aliphatic carbocycles. The van der Waals surface area contributed by atoms with Crippen molar-refractivity contribution < 1.29 is 14.7 Å². The third-order valence-electron chi connectivity index (χ3n) is 1.71. The molecule has 0 saturated heterocycles. The zero-order valence-electron chi connectivity index (χ0n) is 8.76. The van der Waals surface area contributed by atoms with Gasteiger partial charge in [-0.2, -0.15) is 0 Å². The maximum Gasteiger partial charge on any atom is 0.315 e. The van der Waals surface area contributed by atoms with Gasteiger partial charge in [0.05, 0.1) is 12.0 Å². The fraction of sp³-hybridized carbons (Fsp3) is 0.556. The summed E-state index contributed by atoms with van der Waals surface area (Å²) in [5.41, 5.74) is -0.991. The molecule has 6 heteroatoms. The molecule has 0 aromatic heterocycles. The minimum absolute atomic E-state index is 0.0446. The van der Waals surface area contributed by atoms with Gasteiger partial charge in [0.15, 0.2) is 0 Å². The van der Waals surface area contributed by atoms with E-state index in [1.54, 1.807) is 0 Å². The monoisotopic (exact) mass is 234 g/mol. The number of nitrogens with one attached hydrogen (secondary N) is 2. The quantitative estimate of drug-likeness (QED) is 0.668. The van der Waals surface area contributed by atoms with Crippen LogP contribution in [0.15, 0.2) is 11.6 Å². The Morgan fingerprint density at radius 1 is 1.40 bits per heavy atom. The van der Waals surface area contributed by atoms with Crippen LogP contribution in [0.1, 0.15) is 13.8 Å². The molecule has 15 heavy (non-hydrogen) atoms. The number of carboxylic acid groups (broad SMARTS) is 1. The molecule has 0 fully saturated rings. The third kappa shape index (κ3) is 5.96. The molecule has 3 N–H and O–H groups in total. The van der Waals surface area contributed by atoms with Gasteiger partial charge in [-0.1, -0.05) is 18.2 Å². The predicted molar refractivity (Wildman–Crippen MR) is 57.8 cm³/mol. The minimum atomic E-state index is -0.991. The van der Waals surface area contributed by atoms with E-state index in [1.807, 2.05) is 0 Å². The number of hydrogen-bond donors (Lipinski definition) is 3. The molecule has 0 aliphatic rings. The number of rotatable bonds is 5. The predicted octanol–water partition coefficient (Wildman–Crippen LogP) is 1.15. The van der Waals surface area contributed by atoms with Gasteiger partial charge in [0, 0.05) is 11.6 Å². The number of hydrogen-bond acceptors (Lipinski definition) is 2. The number of amides is 2. The molecule has 86 valence electrons. The van der Waals surface area contributed by atoms with E-state index in [2.05, 4.69) is 17.2 Å². The molecular formula is C9H15ClN2O3. The summed E-state index contributed by atoms with van der Waals surface area (Å²) in [5.74, 6) is -0.968. The van der Waals surface area contributed by atoms with Gasteiger partial charge in [0.25, 0.3) is 0 Å². The lowest BCUT2D eigenvalue weighted by atomic mass is 9.94. The first-order valence-corrected chi connectivity index (χ1v) is 4.72. The first-order chi connectivity index (χ1) is 6.75. The zero-order chi connectivity index (χ0) is 12.1. The van der Waals surface area contributed by atoms with Gasteiger partial charge in [-0.05, 0) is 13.8 Å². The van der Waals surface area contributed by atoms with E-state index in [9.17, 15) is 9.59 Å². The van der Waals surface area contributed by atoms with Crippen LogP contribution in [-0.4, -0.2) is 30.2 Å². The van der Waals surface area contributed by atoms with Crippen LogP contribution in [-0.2, 0) is 4.79 Å². The Balaban J connectivity index is 3.90. The summed E-state index contributed by atoms with van der Waals surface area (Å²) in [6, 6.07) is -0.467. The molecular weight excluding hydrogens is 220 g/mol. The van der Waals surface area contributed by atoms with Gasteiger partial charge >= 0.3 is 12.0 Å². The summed E-state index contributed by atoms with van der Waals surface area (Å²) in [6.07, 6.45) is 0. The Morgan fingerprint density at radius 2 is 1.93 bits per heavy atom. The van der Waals surface area contributed by atoms with Crippen LogP contribution < -0.4 is 10.6 Å². The largest absolute Gasteiger partial charge is 0.481 e. The third-order valence-corrected chi connectivity index (χ3v) is 1.84. The van der Waals surface area contributed by atoms with Crippen molar-refractivity contribution in [3.63, 3.8) is 0 Å². The summed E-state index contributed by atoms with van der Waals surface area (Å²) in [4.78, 5) is 21.8. The van der Waals surface area contributed by atoms with Crippen LogP contribution in [0.3, 0.4) is 0 Å². The molecule has 0 aromatic rings. The van der Waals surface area contributed by atoms with Gasteiger partial charge < -0.3 is 15.7 Å². The number of urea groups is 1. The van der Waals surface area contributed by atoms with Gasteiger partial charge in [-0.3, -0.25) is 4.79 Å². The summed E-state index contributed by atoms with van der Waals surface area (Å²) < 4.78 is 0. The van der Waals surface area contributed by atoms with Crippen molar-refractivity contribution in [2.75, 3.05) is 13.1 Å². The smallest absolute Gasteiger partial charge is 0.315 e. The van der Waals surface area contributed by atoms with E-state index in [1.165, 1.54) is 13.8 Å². The molecule has 5 nitrogen and oxygen atoms in total. The fourth-order valence-corrected chi connectivity index (χ4v) is 0.682. The van der Waals surface area contributed by atoms with Crippen molar-refractivity contribution in [1.82, 2.24) is 10.6 Å². The average Bonchev–Trinajstić information content (AvgIpc) is 2.11. The molecule has 0 unspecified atom stereocenters. The fourth-order valence-electron chi connectivity index (χ4n) is 0.616. The van der Waals surface area contributed by atoms with Crippen molar-refractivity contribution in [3.8, 4) is 0 Å². The normalized spacial score (nSPS) is 10.6. The summed E-state index contributed by atoms with van der Waals surface area (Å²) in [6.45, 7) is 6.64. The van der Waals surface area contributed by atoms with E-state index < -0.39 is 17.4 Å². The first-order valence-electron chi connectivity index (χ1n) is 4.34. The van der Waals surface area contributed by atoms with Crippen LogP contribution in [0.2, 0.25) is 0 Å². The summed E-state index contributed by atoms with van der Waals surface area (Å²) in [7, 11) is 0. The molecule has 0 aromatic carbocycles. The highest BCUT2D eigenvalue weighted by Gasteiger charge is 2.27. The highest BCUT2D eigenvalue weighted by molar-refractivity contribution is 6.29. The summed E-state index contributed by atoms with van der Waals surface area (Å²) >= 11 is 5.43. The molecule has 0 spiro atoms. The second kappa shape index (κ2) is 5.60. The van der Waals surface area contributed by atoms with Crippen molar-refractivity contribution in [1.29, 1.82) is 0 Å². The lowest BCUT2D eigenvalue weighted by Gasteiger charge is -2.19. The molecule has 0 atom stereocenters. The van der Waals surface area contributed by atoms with E-state index in [0.29, 0.717) is 5.03 Å². The molecule has 0 heterocycles. The highest BCUT2D eigenvalue weighted by atomic mass is 35.5. The average molecular weight is 235 g/mol. The topological polar surface area (TPSA) is 78.4 Å². The molecule has 0 bridgehead atoms. The Bertz CT molecular complexity index is 277. The van der Waals surface area contributed by atoms with Gasteiger partial charge in [0.2, 0.25) is 0 Å². The van der Waals surface area contributed by atoms with E-state index in [-0.39, 0.29) is 13.1 Å². The van der Waals surface area contributed by atoms with Crippen molar-refractivity contribution in [2.24, 2.45) is 5.41 Å². The van der Waals surface area contributed by atoms with Crippen molar-refractivity contribution >= 4 is 23.6 Å². The zero-order valence-corrected chi connectivity index (χ0v) is 9.52. The van der Waals surface area contributed by atoms with Crippen molar-refractivity contribution in [2.45, 2.75) is 13.8 Å². The molecule has 0 aliphatic heterocycles. The molecule has 0 rings (SSSR count). The Morgan fingerprint density at radius 3 is 2.33 bits per heavy atom. The van der Waals surface area contributed by atoms with E-state index >= 15 is 0 Å². The lowest BCUT2D eigenvalue weighted by molar-refractivity contribution is -0.146. The van der Waals surface area contributed by atoms with Crippen LogP contribution in [0, 0.1) is 5.41 Å². The van der Waals surface area contributed by atoms with Gasteiger partial charge in [0.1, 0.15) is 0 Å². The van der Waals surface area contributed by atoms with Crippen LogP contribution in [0.25, 0.3) is 0 Å². The van der Waals surface area contributed by atoms with Crippen molar-refractivity contribution in [3.05, 3.63) is 11.6 Å². The molecule has 0 radical (unpaired) electrons. The number of halogens is 1. The van der Waals surface area contributed by atoms with Gasteiger partial charge in [-0.25, -0.2) is 4.79 Å². The second-order valence-electron chi connectivity index (χ2n) is 3.74. The second-order valence-corrected chi connectivity index (χ2v) is 4.28. The molecule has 0 saturated carbocycles. The van der Waals surface area contributed by atoms with E-state index in [0.717, 1.165) is 0 Å². The van der Waals surface area contributed by atoms with Crippen LogP contribution in [0.5, 0.6) is 0 Å². The van der Waals surface area contributed by atoms with Crippen LogP contribution >= 0.6 is 11.6 Å². The van der Waals surface area contributed by atoms with Crippen LogP contribution in [0.4, 0.5) is 4.79 Å². The number of carboxylic acids is 1. The number of aliphatic carboxylic acids is 1. The van der Waals surface area contributed by atoms with E-state index in [4.69, 9.17) is 16.7 Å². The SMILES string of the molecule is C=C(Cl)CNC(=O)NCC(C)(C)C(=O)O. The minimum Gasteiger partial charge on any atom is -0.481 e. The highest BCUT2D eigenvalue weighted by Crippen LogP contribution is 2.12. The number of carbonyl (C=O) groups is 2. The first kappa shape index (κ1) is 13.8. The lowest BCUT2D eigenvalue weighted by Crippen LogP contribution is -2.43. The molecule has 2 amide bonds. The number of carbonyl (C=O) groups excluding carboxylic acids is 1. The Kier molecular flexibility index (Phi) is 5.14. The Hall–Kier alpha value is -1.23.